The first-order chi connectivity index (χ1) is 12.6. The van der Waals surface area contributed by atoms with Crippen molar-refractivity contribution < 1.29 is 0 Å². The average molecular weight is 374 g/mol. The molecule has 0 aliphatic heterocycles. The summed E-state index contributed by atoms with van der Waals surface area (Å²) < 4.78 is 0. The van der Waals surface area contributed by atoms with Crippen LogP contribution in [0.2, 0.25) is 0 Å². The molecule has 0 bridgehead atoms. The summed E-state index contributed by atoms with van der Waals surface area (Å²) in [5.74, 6) is 2.14. The van der Waals surface area contributed by atoms with Gasteiger partial charge in [0.15, 0.2) is 0 Å². The average Bonchev–Trinajstić information content (AvgIpc) is 2.66. The van der Waals surface area contributed by atoms with Gasteiger partial charge in [-0.05, 0) is 56.6 Å². The first-order valence-electron chi connectivity index (χ1n) is 10.2. The van der Waals surface area contributed by atoms with Gasteiger partial charge in [0.25, 0.3) is 0 Å². The van der Waals surface area contributed by atoms with Crippen LogP contribution in [-0.4, -0.2) is 11.0 Å². The Labute approximate surface area is 168 Å². The highest BCUT2D eigenvalue weighted by Crippen LogP contribution is 2.33. The normalized spacial score (nSPS) is 15.7. The van der Waals surface area contributed by atoms with E-state index in [9.17, 15) is 0 Å². The van der Waals surface area contributed by atoms with Gasteiger partial charge < -0.3 is 6.92 Å². The first kappa shape index (κ1) is 25.1. The van der Waals surface area contributed by atoms with Crippen molar-refractivity contribution in [2.24, 2.45) is 11.8 Å². The standard InChI is InChI=1S/C25H41S/c1-7-12-15-16-18-23(17-13-8-2)19-20-24(22(6)10-4)25(11-5)26-21-14-9-3/h8-10,13-14,16,18,23-25H,4-7,11-12,15,17,19-21H2,1-3H3/q-1/b13-8-,14-9-,18-16-. The summed E-state index contributed by atoms with van der Waals surface area (Å²) in [7, 11) is 0. The lowest BCUT2D eigenvalue weighted by molar-refractivity contribution is 0.466. The molecule has 0 aliphatic rings. The number of thioether (sulfide) groups is 1. The third kappa shape index (κ3) is 11.6. The van der Waals surface area contributed by atoms with Crippen LogP contribution in [0.15, 0.2) is 61.3 Å². The van der Waals surface area contributed by atoms with E-state index in [2.05, 4.69) is 77.3 Å². The molecule has 0 aromatic carbocycles. The van der Waals surface area contributed by atoms with Crippen LogP contribution >= 0.6 is 11.8 Å². The Bertz CT molecular complexity index is 441. The Morgan fingerprint density at radius 3 is 2.42 bits per heavy atom. The lowest BCUT2D eigenvalue weighted by atomic mass is 9.86. The van der Waals surface area contributed by atoms with E-state index >= 15 is 0 Å². The molecule has 0 heterocycles. The molecule has 0 aliphatic carbocycles. The van der Waals surface area contributed by atoms with Gasteiger partial charge in [0, 0.05) is 5.75 Å². The summed E-state index contributed by atoms with van der Waals surface area (Å²) in [6, 6.07) is 0. The maximum absolute atomic E-state index is 4.29. The van der Waals surface area contributed by atoms with Gasteiger partial charge in [0.2, 0.25) is 0 Å². The molecule has 0 N–H and O–H groups in total. The number of unbranched alkanes of at least 4 members (excludes halogenated alkanes) is 2. The predicted molar refractivity (Wildman–Crippen MR) is 125 cm³/mol. The number of hydrogen-bond donors (Lipinski definition) is 0. The summed E-state index contributed by atoms with van der Waals surface area (Å²) in [6.45, 7) is 18.9. The molecule has 0 saturated heterocycles. The summed E-state index contributed by atoms with van der Waals surface area (Å²) in [5.41, 5.74) is 1.17. The van der Waals surface area contributed by atoms with Gasteiger partial charge in [-0.1, -0.05) is 81.0 Å². The van der Waals surface area contributed by atoms with Crippen LogP contribution in [-0.2, 0) is 0 Å². The van der Waals surface area contributed by atoms with Gasteiger partial charge in [-0.15, -0.1) is 0 Å². The van der Waals surface area contributed by atoms with Gasteiger partial charge in [-0.3, -0.25) is 0 Å². The second-order valence-electron chi connectivity index (χ2n) is 6.83. The fourth-order valence-electron chi connectivity index (χ4n) is 3.05. The Hall–Kier alpha value is -0.950. The molecule has 0 saturated carbocycles. The molecular weight excluding hydrogens is 332 g/mol. The number of rotatable bonds is 16. The van der Waals surface area contributed by atoms with Crippen molar-refractivity contribution in [3.05, 3.63) is 68.2 Å². The minimum atomic E-state index is 0.470. The van der Waals surface area contributed by atoms with Gasteiger partial charge >= 0.3 is 0 Å². The van der Waals surface area contributed by atoms with E-state index in [0.29, 0.717) is 17.1 Å². The quantitative estimate of drug-likeness (QED) is 0.113. The monoisotopic (exact) mass is 373 g/mol. The maximum Gasteiger partial charge on any atom is 0.0115 e. The zero-order chi connectivity index (χ0) is 19.6. The summed E-state index contributed by atoms with van der Waals surface area (Å²) in [5, 5.41) is 0.517. The van der Waals surface area contributed by atoms with Gasteiger partial charge in [-0.2, -0.15) is 18.2 Å². The van der Waals surface area contributed by atoms with Crippen molar-refractivity contribution in [2.75, 3.05) is 5.75 Å². The summed E-state index contributed by atoms with van der Waals surface area (Å²) >= 11 is 2.00. The Morgan fingerprint density at radius 1 is 1.12 bits per heavy atom. The fraction of sp³-hybridized carbons (Fsp3) is 0.560. The Kier molecular flexibility index (Phi) is 16.8. The van der Waals surface area contributed by atoms with Crippen molar-refractivity contribution in [1.82, 2.24) is 0 Å². The van der Waals surface area contributed by atoms with Crippen LogP contribution < -0.4 is 0 Å². The molecule has 0 radical (unpaired) electrons. The molecule has 0 amide bonds. The zero-order valence-corrected chi connectivity index (χ0v) is 18.3. The van der Waals surface area contributed by atoms with E-state index in [1.807, 2.05) is 17.8 Å². The predicted octanol–water partition coefficient (Wildman–Crippen LogP) is 8.36. The highest BCUT2D eigenvalue weighted by Gasteiger charge is 2.20. The van der Waals surface area contributed by atoms with Crippen LogP contribution in [0.5, 0.6) is 0 Å². The number of allylic oxidation sites excluding steroid dienone is 7. The molecule has 0 aromatic heterocycles. The Morgan fingerprint density at radius 2 is 1.85 bits per heavy atom. The smallest absolute Gasteiger partial charge is 0.0115 e. The topological polar surface area (TPSA) is 0 Å². The van der Waals surface area contributed by atoms with Gasteiger partial charge in [0.05, 0.1) is 0 Å². The third-order valence-electron chi connectivity index (χ3n) is 4.77. The molecule has 0 fully saturated rings. The van der Waals surface area contributed by atoms with Crippen LogP contribution in [0.1, 0.15) is 65.7 Å². The zero-order valence-electron chi connectivity index (χ0n) is 17.5. The van der Waals surface area contributed by atoms with Crippen molar-refractivity contribution in [1.29, 1.82) is 0 Å². The van der Waals surface area contributed by atoms with Gasteiger partial charge in [0.1, 0.15) is 0 Å². The van der Waals surface area contributed by atoms with Crippen molar-refractivity contribution >= 4 is 11.8 Å². The molecule has 26 heavy (non-hydrogen) atoms. The SMILES string of the molecule is C=CC(=C)C(CCC(/C=C\CCCC)C/C=C\C)C(C[CH2-])SC/C=C\C. The second kappa shape index (κ2) is 17.5. The molecule has 3 atom stereocenters. The lowest BCUT2D eigenvalue weighted by Crippen LogP contribution is -2.19. The molecule has 3 unspecified atom stereocenters. The number of hydrogen-bond acceptors (Lipinski definition) is 1. The highest BCUT2D eigenvalue weighted by molar-refractivity contribution is 8.00. The van der Waals surface area contributed by atoms with Crippen LogP contribution in [0.3, 0.4) is 0 Å². The molecule has 148 valence electrons. The molecule has 0 spiro atoms. The van der Waals surface area contributed by atoms with Crippen LogP contribution in [0.25, 0.3) is 0 Å². The summed E-state index contributed by atoms with van der Waals surface area (Å²) in [6.07, 6.45) is 23.8. The molecule has 0 aromatic rings. The molecular formula is C25H41S-. The minimum absolute atomic E-state index is 0.470. The summed E-state index contributed by atoms with van der Waals surface area (Å²) in [4.78, 5) is 0. The molecule has 0 nitrogen and oxygen atoms in total. The Balaban J connectivity index is 4.93. The van der Waals surface area contributed by atoms with E-state index in [4.69, 9.17) is 0 Å². The van der Waals surface area contributed by atoms with E-state index in [0.717, 1.165) is 25.0 Å². The first-order valence-corrected chi connectivity index (χ1v) is 11.3. The fourth-order valence-corrected chi connectivity index (χ4v) is 4.31. The van der Waals surface area contributed by atoms with E-state index in [1.54, 1.807) is 0 Å². The lowest BCUT2D eigenvalue weighted by Gasteiger charge is -2.29. The van der Waals surface area contributed by atoms with Crippen molar-refractivity contribution in [3.63, 3.8) is 0 Å². The van der Waals surface area contributed by atoms with Crippen LogP contribution in [0.4, 0.5) is 0 Å². The molecule has 1 heteroatoms. The second-order valence-corrected chi connectivity index (χ2v) is 8.10. The van der Waals surface area contributed by atoms with E-state index in [-0.39, 0.29) is 0 Å². The minimum Gasteiger partial charge on any atom is -0.342 e. The van der Waals surface area contributed by atoms with Crippen molar-refractivity contribution in [3.8, 4) is 0 Å². The largest absolute Gasteiger partial charge is 0.342 e. The third-order valence-corrected chi connectivity index (χ3v) is 6.15. The van der Waals surface area contributed by atoms with E-state index in [1.165, 1.54) is 31.3 Å². The van der Waals surface area contributed by atoms with Crippen LogP contribution in [0, 0.1) is 18.8 Å². The van der Waals surface area contributed by atoms with Gasteiger partial charge in [-0.25, -0.2) is 0 Å². The maximum atomic E-state index is 4.29. The highest BCUT2D eigenvalue weighted by atomic mass is 32.2. The molecule has 0 rings (SSSR count). The van der Waals surface area contributed by atoms with E-state index < -0.39 is 0 Å². The van der Waals surface area contributed by atoms with Crippen molar-refractivity contribution in [2.45, 2.75) is 71.0 Å².